The Labute approximate surface area is 258 Å². The number of halogens is 1. The van der Waals surface area contributed by atoms with Gasteiger partial charge in [0.15, 0.2) is 0 Å². The van der Waals surface area contributed by atoms with Gasteiger partial charge in [-0.05, 0) is 47.7 Å². The number of benzene rings is 3. The van der Waals surface area contributed by atoms with Gasteiger partial charge in [-0.25, -0.2) is 13.1 Å². The Balaban J connectivity index is 1.63. The molecule has 42 heavy (non-hydrogen) atoms. The summed E-state index contributed by atoms with van der Waals surface area (Å²) in [6.45, 7) is 4.02. The minimum atomic E-state index is -4.03. The average molecular weight is 630 g/mol. The number of carbonyl (C=O) groups excluding carboxylic acids is 3. The molecule has 8 nitrogen and oxygen atoms in total. The lowest BCUT2D eigenvalue weighted by atomic mass is 10.0. The van der Waals surface area contributed by atoms with Crippen LogP contribution in [-0.4, -0.2) is 49.4 Å². The lowest BCUT2D eigenvalue weighted by Gasteiger charge is -2.23. The van der Waals surface area contributed by atoms with Crippen molar-refractivity contribution in [2.45, 2.75) is 56.2 Å². The quantitative estimate of drug-likeness (QED) is 0.217. The van der Waals surface area contributed by atoms with Gasteiger partial charge in [0, 0.05) is 55.2 Å². The molecule has 2 N–H and O–H groups in total. The summed E-state index contributed by atoms with van der Waals surface area (Å²) in [6, 6.07) is 21.2. The van der Waals surface area contributed by atoms with Gasteiger partial charge in [0.25, 0.3) is 10.0 Å². The predicted molar refractivity (Wildman–Crippen MR) is 169 cm³/mol. The number of nitrogens with one attached hydrogen (secondary N) is 2. The topological polar surface area (TPSA) is 113 Å². The molecule has 0 aliphatic carbocycles. The molecule has 11 heteroatoms. The number of hydrogen-bond donors (Lipinski definition) is 3. The van der Waals surface area contributed by atoms with E-state index in [0.717, 1.165) is 18.1 Å². The average Bonchev–Trinajstić information content (AvgIpc) is 2.94. The van der Waals surface area contributed by atoms with Crippen molar-refractivity contribution >= 4 is 52.0 Å². The minimum absolute atomic E-state index is 0.00488. The Kier molecular flexibility index (Phi) is 12.4. The number of rotatable bonds is 14. The summed E-state index contributed by atoms with van der Waals surface area (Å²) < 4.78 is 27.4. The third kappa shape index (κ3) is 10.2. The molecule has 0 aliphatic rings. The van der Waals surface area contributed by atoms with Crippen molar-refractivity contribution in [3.63, 3.8) is 0 Å². The van der Waals surface area contributed by atoms with E-state index in [1.165, 1.54) is 6.07 Å². The second-order valence-corrected chi connectivity index (χ2v) is 12.8. The monoisotopic (exact) mass is 629 g/mol. The van der Waals surface area contributed by atoms with Crippen LogP contribution in [0.25, 0.3) is 11.1 Å². The van der Waals surface area contributed by atoms with Gasteiger partial charge in [0.1, 0.15) is 0 Å². The maximum Gasteiger partial charge on any atom is 0.264 e. The number of carbonyl (C=O) groups is 3. The van der Waals surface area contributed by atoms with Gasteiger partial charge in [-0.15, -0.1) is 0 Å². The van der Waals surface area contributed by atoms with Crippen LogP contribution in [0, 0.1) is 0 Å². The van der Waals surface area contributed by atoms with Crippen molar-refractivity contribution in [1.29, 1.82) is 0 Å². The molecule has 3 aromatic carbocycles. The Hall–Kier alpha value is -3.34. The predicted octanol–water partition coefficient (Wildman–Crippen LogP) is 5.01. The summed E-state index contributed by atoms with van der Waals surface area (Å²) in [5.41, 5.74) is 2.97. The zero-order valence-electron chi connectivity index (χ0n) is 23.7. The Morgan fingerprint density at radius 3 is 2.33 bits per heavy atom. The van der Waals surface area contributed by atoms with E-state index in [2.05, 4.69) is 17.9 Å². The van der Waals surface area contributed by atoms with Crippen LogP contribution in [0.1, 0.15) is 44.2 Å². The van der Waals surface area contributed by atoms with E-state index in [-0.39, 0.29) is 34.9 Å². The Bertz CT molecular complexity index is 1500. The summed E-state index contributed by atoms with van der Waals surface area (Å²) in [5, 5.41) is 3.48. The van der Waals surface area contributed by atoms with Gasteiger partial charge in [0.05, 0.1) is 4.90 Å². The fraction of sp³-hybridized carbons (Fsp3) is 0.323. The Morgan fingerprint density at radius 1 is 0.952 bits per heavy atom. The zero-order valence-corrected chi connectivity index (χ0v) is 26.1. The van der Waals surface area contributed by atoms with Crippen molar-refractivity contribution in [2.24, 2.45) is 0 Å². The van der Waals surface area contributed by atoms with E-state index in [0.29, 0.717) is 48.5 Å². The molecule has 0 aromatic heterocycles. The first-order valence-electron chi connectivity index (χ1n) is 13.7. The molecule has 3 rings (SSSR count). The van der Waals surface area contributed by atoms with E-state index < -0.39 is 15.9 Å². The minimum Gasteiger partial charge on any atom is -0.355 e. The van der Waals surface area contributed by atoms with Gasteiger partial charge in [-0.3, -0.25) is 14.4 Å². The van der Waals surface area contributed by atoms with Crippen LogP contribution in [0.4, 0.5) is 0 Å². The summed E-state index contributed by atoms with van der Waals surface area (Å²) in [5.74, 6) is -0.885. The van der Waals surface area contributed by atoms with Gasteiger partial charge in [0.2, 0.25) is 17.7 Å². The van der Waals surface area contributed by atoms with Crippen molar-refractivity contribution in [3.05, 3.63) is 88.9 Å². The van der Waals surface area contributed by atoms with Crippen LogP contribution in [0.2, 0.25) is 5.02 Å². The molecule has 1 atom stereocenters. The van der Waals surface area contributed by atoms with Crippen LogP contribution in [0.15, 0.2) is 77.7 Å². The van der Waals surface area contributed by atoms with E-state index in [1.54, 1.807) is 35.2 Å². The molecule has 3 aromatic rings. The normalized spacial score (nSPS) is 11.9. The maximum atomic E-state index is 12.9. The molecule has 0 bridgehead atoms. The number of amides is 3. The van der Waals surface area contributed by atoms with Crippen molar-refractivity contribution in [1.82, 2.24) is 14.9 Å². The zero-order chi connectivity index (χ0) is 30.7. The molecular formula is C31H36ClN3O5S2. The molecule has 0 fully saturated rings. The standard InChI is InChI=1S/C31H36ClN3O5S2/c1-3-7-31(38)35(17-16-30(37)33-20-27(41)19-24-8-6-9-26(32)18-24)21-23-12-14-25(15-13-23)28-10-4-5-11-29(28)42(39,40)34-22(2)36/h4-6,8-15,18,27,41H,3,7,16-17,19-21H2,1-2H3,(H,33,37)(H,34,36)/t27-/m1/s1. The van der Waals surface area contributed by atoms with Gasteiger partial charge < -0.3 is 10.2 Å². The molecule has 0 radical (unpaired) electrons. The maximum absolute atomic E-state index is 12.9. The van der Waals surface area contributed by atoms with Crippen LogP contribution in [-0.2, 0) is 37.4 Å². The van der Waals surface area contributed by atoms with Crippen molar-refractivity contribution < 1.29 is 22.8 Å². The SMILES string of the molecule is CCCC(=O)N(CCC(=O)NC[C@H](S)Cc1cccc(Cl)c1)Cc1ccc(-c2ccccc2S(=O)(=O)NC(C)=O)cc1. The molecule has 0 aliphatic heterocycles. The van der Waals surface area contributed by atoms with Crippen LogP contribution in [0.3, 0.4) is 0 Å². The second kappa shape index (κ2) is 15.8. The van der Waals surface area contributed by atoms with E-state index >= 15 is 0 Å². The lowest BCUT2D eigenvalue weighted by molar-refractivity contribution is -0.132. The summed E-state index contributed by atoms with van der Waals surface area (Å²) >= 11 is 10.6. The molecule has 0 unspecified atom stereocenters. The second-order valence-electron chi connectivity index (χ2n) is 9.96. The number of thiol groups is 1. The third-order valence-electron chi connectivity index (χ3n) is 6.41. The fourth-order valence-electron chi connectivity index (χ4n) is 4.42. The highest BCUT2D eigenvalue weighted by atomic mass is 35.5. The van der Waals surface area contributed by atoms with E-state index in [4.69, 9.17) is 11.6 Å². The highest BCUT2D eigenvalue weighted by Gasteiger charge is 2.21. The van der Waals surface area contributed by atoms with Crippen molar-refractivity contribution in [2.75, 3.05) is 13.1 Å². The highest BCUT2D eigenvalue weighted by molar-refractivity contribution is 7.90. The first kappa shape index (κ1) is 33.2. The molecule has 0 saturated carbocycles. The lowest BCUT2D eigenvalue weighted by Crippen LogP contribution is -2.36. The fourth-order valence-corrected chi connectivity index (χ4v) is 6.16. The largest absolute Gasteiger partial charge is 0.355 e. The molecule has 0 saturated heterocycles. The van der Waals surface area contributed by atoms with Crippen LogP contribution in [0.5, 0.6) is 0 Å². The number of sulfonamides is 1. The molecular weight excluding hydrogens is 594 g/mol. The molecule has 0 spiro atoms. The van der Waals surface area contributed by atoms with Crippen molar-refractivity contribution in [3.8, 4) is 11.1 Å². The number of nitrogens with zero attached hydrogens (tertiary/aromatic N) is 1. The van der Waals surface area contributed by atoms with Gasteiger partial charge in [-0.2, -0.15) is 12.6 Å². The summed E-state index contributed by atoms with van der Waals surface area (Å²) in [4.78, 5) is 38.5. The van der Waals surface area contributed by atoms with Gasteiger partial charge >= 0.3 is 0 Å². The summed E-state index contributed by atoms with van der Waals surface area (Å²) in [7, 11) is -4.03. The van der Waals surface area contributed by atoms with Gasteiger partial charge in [-0.1, -0.05) is 73.1 Å². The first-order chi connectivity index (χ1) is 20.0. The number of hydrogen-bond acceptors (Lipinski definition) is 6. The summed E-state index contributed by atoms with van der Waals surface area (Å²) in [6.07, 6.45) is 1.86. The smallest absolute Gasteiger partial charge is 0.264 e. The Morgan fingerprint density at radius 2 is 1.67 bits per heavy atom. The first-order valence-corrected chi connectivity index (χ1v) is 16.0. The van der Waals surface area contributed by atoms with E-state index in [1.807, 2.05) is 48.0 Å². The van der Waals surface area contributed by atoms with Crippen LogP contribution >= 0.6 is 24.2 Å². The van der Waals surface area contributed by atoms with E-state index in [9.17, 15) is 22.8 Å². The third-order valence-corrected chi connectivity index (χ3v) is 8.51. The molecule has 224 valence electrons. The molecule has 0 heterocycles. The van der Waals surface area contributed by atoms with Crippen LogP contribution < -0.4 is 10.0 Å². The molecule has 3 amide bonds. The highest BCUT2D eigenvalue weighted by Crippen LogP contribution is 2.28.